The number of carbonyl (C=O) groups excluding carboxylic acids is 2. The number of pyridine rings is 1. The summed E-state index contributed by atoms with van der Waals surface area (Å²) in [4.78, 5) is 42.4. The van der Waals surface area contributed by atoms with Crippen molar-refractivity contribution in [2.75, 3.05) is 31.1 Å². The van der Waals surface area contributed by atoms with Crippen molar-refractivity contribution in [2.24, 2.45) is 5.92 Å². The summed E-state index contributed by atoms with van der Waals surface area (Å²) < 4.78 is 34.4. The molecule has 1 fully saturated rings. The number of aromatic nitrogens is 1. The van der Waals surface area contributed by atoms with Gasteiger partial charge in [-0.1, -0.05) is 50.0 Å². The number of carboxylic acid groups (broad SMARTS) is 1. The van der Waals surface area contributed by atoms with E-state index in [-0.39, 0.29) is 24.7 Å². The topological polar surface area (TPSA) is 170 Å². The summed E-state index contributed by atoms with van der Waals surface area (Å²) in [6, 6.07) is 17.3. The lowest BCUT2D eigenvalue weighted by atomic mass is 10.1. The first-order chi connectivity index (χ1) is 23.6. The molecule has 0 spiro atoms. The number of aliphatic carboxylic acids is 1. The van der Waals surface area contributed by atoms with Crippen molar-refractivity contribution in [3.05, 3.63) is 94.8 Å². The first-order valence-corrected chi connectivity index (χ1v) is 17.7. The zero-order chi connectivity index (χ0) is 36.5. The lowest BCUT2D eigenvalue weighted by Crippen LogP contribution is -2.55. The zero-order valence-corrected chi connectivity index (χ0v) is 29.7. The second kappa shape index (κ2) is 16.6. The smallest absolute Gasteiger partial charge is 0.407 e. The van der Waals surface area contributed by atoms with Gasteiger partial charge in [-0.2, -0.15) is 17.4 Å². The minimum absolute atomic E-state index is 0.223. The van der Waals surface area contributed by atoms with Gasteiger partial charge in [0.2, 0.25) is 0 Å². The highest BCUT2D eigenvalue weighted by atomic mass is 32.2. The molecule has 13 nitrogen and oxygen atoms in total. The maximum Gasteiger partial charge on any atom is 0.407 e. The number of carboxylic acids is 1. The Balaban J connectivity index is 1.26. The van der Waals surface area contributed by atoms with Gasteiger partial charge in [-0.3, -0.25) is 14.6 Å². The largest absolute Gasteiger partial charge is 0.480 e. The van der Waals surface area contributed by atoms with Crippen molar-refractivity contribution in [1.82, 2.24) is 24.6 Å². The summed E-state index contributed by atoms with van der Waals surface area (Å²) in [6.07, 6.45) is 1.05. The van der Waals surface area contributed by atoms with Crippen LogP contribution in [-0.4, -0.2) is 78.6 Å². The van der Waals surface area contributed by atoms with E-state index in [0.717, 1.165) is 22.4 Å². The van der Waals surface area contributed by atoms with Crippen molar-refractivity contribution < 1.29 is 32.6 Å². The fraction of sp³-hybridized carbons (Fsp3) is 0.389. The van der Waals surface area contributed by atoms with Crippen LogP contribution in [0.4, 0.5) is 10.5 Å². The summed E-state index contributed by atoms with van der Waals surface area (Å²) >= 11 is 0. The second-order valence-corrected chi connectivity index (χ2v) is 14.9. The normalized spacial score (nSPS) is 14.3. The first-order valence-electron chi connectivity index (χ1n) is 16.3. The lowest BCUT2D eigenvalue weighted by Gasteiger charge is -2.36. The average Bonchev–Trinajstić information content (AvgIpc) is 3.07. The maximum absolute atomic E-state index is 12.8. The molecule has 2 amide bonds. The molecule has 14 heteroatoms. The summed E-state index contributed by atoms with van der Waals surface area (Å²) in [5.74, 6) is 4.25. The molecule has 1 aliphatic rings. The van der Waals surface area contributed by atoms with E-state index in [1.165, 1.54) is 10.5 Å². The van der Waals surface area contributed by atoms with Crippen molar-refractivity contribution in [2.45, 2.75) is 59.4 Å². The summed E-state index contributed by atoms with van der Waals surface area (Å²) in [6.45, 7) is 10.7. The molecule has 0 aliphatic carbocycles. The van der Waals surface area contributed by atoms with E-state index < -0.39 is 39.8 Å². The molecule has 1 aromatic heterocycles. The van der Waals surface area contributed by atoms with Crippen LogP contribution in [-0.2, 0) is 32.8 Å². The Morgan fingerprint density at radius 3 is 2.02 bits per heavy atom. The number of anilines is 1. The van der Waals surface area contributed by atoms with Gasteiger partial charge in [-0.05, 0) is 74.2 Å². The summed E-state index contributed by atoms with van der Waals surface area (Å²) in [5.41, 5.74) is 3.77. The Morgan fingerprint density at radius 1 is 0.880 bits per heavy atom. The highest BCUT2D eigenvalue weighted by Crippen LogP contribution is 2.19. The second-order valence-electron chi connectivity index (χ2n) is 13.2. The molecule has 0 unspecified atom stereocenters. The Bertz CT molecular complexity index is 1820. The van der Waals surface area contributed by atoms with E-state index >= 15 is 0 Å². The minimum atomic E-state index is -3.94. The molecule has 0 saturated carbocycles. The first kappa shape index (κ1) is 37.8. The van der Waals surface area contributed by atoms with Gasteiger partial charge in [0.15, 0.2) is 0 Å². The number of piperazine rings is 1. The molecule has 50 heavy (non-hydrogen) atoms. The standard InChI is InChI=1S/C36H44N6O7S/c1-25(2)32(34(44)45)40-50(47,48)42-20-18-41(19-21-42)30-14-12-26(13-15-30)6-7-27-16-17-37-31(22-27)33(43)38-23-28-8-10-29(11-9-28)24-39-35(46)49-36(3,4)5/h8-17,22,25,32,40H,18-21,23-24H2,1-5H3,(H,38,43)(H,39,46)(H,44,45)/t32-/m1/s1. The molecule has 0 bridgehead atoms. The van der Waals surface area contributed by atoms with Crippen LogP contribution >= 0.6 is 0 Å². The minimum Gasteiger partial charge on any atom is -0.480 e. The Morgan fingerprint density at radius 2 is 1.46 bits per heavy atom. The fourth-order valence-electron chi connectivity index (χ4n) is 4.96. The van der Waals surface area contributed by atoms with Gasteiger partial charge in [0, 0.05) is 62.3 Å². The highest BCUT2D eigenvalue weighted by molar-refractivity contribution is 7.87. The number of hydrogen-bond donors (Lipinski definition) is 4. The van der Waals surface area contributed by atoms with Crippen molar-refractivity contribution in [3.8, 4) is 11.8 Å². The van der Waals surface area contributed by atoms with Crippen LogP contribution < -0.4 is 20.3 Å². The third kappa shape index (κ3) is 11.3. The number of carbonyl (C=O) groups is 3. The van der Waals surface area contributed by atoms with E-state index in [2.05, 4.69) is 37.1 Å². The summed E-state index contributed by atoms with van der Waals surface area (Å²) in [5, 5.41) is 15.0. The molecule has 2 aromatic carbocycles. The predicted octanol–water partition coefficient (Wildman–Crippen LogP) is 3.50. The van der Waals surface area contributed by atoms with E-state index in [9.17, 15) is 27.9 Å². The number of ether oxygens (including phenoxy) is 1. The zero-order valence-electron chi connectivity index (χ0n) is 28.9. The maximum atomic E-state index is 12.8. The molecular weight excluding hydrogens is 660 g/mol. The number of alkyl carbamates (subject to hydrolysis) is 1. The van der Waals surface area contributed by atoms with Crippen molar-refractivity contribution >= 4 is 33.9 Å². The molecule has 266 valence electrons. The number of rotatable bonds is 11. The van der Waals surface area contributed by atoms with Gasteiger partial charge >= 0.3 is 12.1 Å². The number of amides is 2. The average molecular weight is 705 g/mol. The molecule has 1 aliphatic heterocycles. The van der Waals surface area contributed by atoms with E-state index in [4.69, 9.17) is 4.74 Å². The van der Waals surface area contributed by atoms with Gasteiger partial charge < -0.3 is 25.4 Å². The highest BCUT2D eigenvalue weighted by Gasteiger charge is 2.33. The van der Waals surface area contributed by atoms with Crippen molar-refractivity contribution in [1.29, 1.82) is 0 Å². The molecular formula is C36H44N6O7S. The van der Waals surface area contributed by atoms with Gasteiger partial charge in [0.1, 0.15) is 17.3 Å². The number of nitrogens with zero attached hydrogens (tertiary/aromatic N) is 3. The molecule has 4 rings (SSSR count). The molecule has 0 radical (unpaired) electrons. The Kier molecular flexibility index (Phi) is 12.6. The van der Waals surface area contributed by atoms with Crippen LogP contribution in [0.15, 0.2) is 66.9 Å². The molecule has 1 atom stereocenters. The van der Waals surface area contributed by atoms with Crippen LogP contribution in [0.25, 0.3) is 0 Å². The van der Waals surface area contributed by atoms with Gasteiger partial charge in [0.05, 0.1) is 0 Å². The van der Waals surface area contributed by atoms with Gasteiger partial charge in [-0.15, -0.1) is 0 Å². The third-order valence-corrected chi connectivity index (χ3v) is 9.27. The predicted molar refractivity (Wildman–Crippen MR) is 189 cm³/mol. The molecule has 1 saturated heterocycles. The van der Waals surface area contributed by atoms with Crippen LogP contribution in [0, 0.1) is 17.8 Å². The quantitative estimate of drug-likeness (QED) is 0.218. The Hall–Kier alpha value is -4.97. The fourth-order valence-corrected chi connectivity index (χ4v) is 6.45. The van der Waals surface area contributed by atoms with Crippen LogP contribution in [0.3, 0.4) is 0 Å². The van der Waals surface area contributed by atoms with E-state index in [1.54, 1.807) is 46.8 Å². The van der Waals surface area contributed by atoms with Gasteiger partial charge in [0.25, 0.3) is 16.1 Å². The monoisotopic (exact) mass is 704 g/mol. The molecule has 3 aromatic rings. The SMILES string of the molecule is CC(C)[C@@H](NS(=O)(=O)N1CCN(c2ccc(C#Cc3ccnc(C(=O)NCc4ccc(CNC(=O)OC(C)(C)C)cc4)c3)cc2)CC1)C(=O)O. The lowest BCUT2D eigenvalue weighted by molar-refractivity contribution is -0.140. The van der Waals surface area contributed by atoms with Crippen LogP contribution in [0.5, 0.6) is 0 Å². The molecule has 2 heterocycles. The number of hydrogen-bond acceptors (Lipinski definition) is 8. The van der Waals surface area contributed by atoms with E-state index in [0.29, 0.717) is 31.7 Å². The van der Waals surface area contributed by atoms with E-state index in [1.807, 2.05) is 48.5 Å². The summed E-state index contributed by atoms with van der Waals surface area (Å²) in [7, 11) is -3.94. The third-order valence-electron chi connectivity index (χ3n) is 7.68. The Labute approximate surface area is 293 Å². The van der Waals surface area contributed by atoms with Crippen LogP contribution in [0.2, 0.25) is 0 Å². The van der Waals surface area contributed by atoms with Gasteiger partial charge in [-0.25, -0.2) is 4.79 Å². The van der Waals surface area contributed by atoms with Crippen molar-refractivity contribution in [3.63, 3.8) is 0 Å². The van der Waals surface area contributed by atoms with Crippen LogP contribution in [0.1, 0.15) is 67.4 Å². The molecule has 4 N–H and O–H groups in total. The number of benzene rings is 2. The number of nitrogens with one attached hydrogen (secondary N) is 3.